The summed E-state index contributed by atoms with van der Waals surface area (Å²) in [6, 6.07) is 4.45. The molecule has 1 fully saturated rings. The molecule has 1 N–H and O–H groups in total. The highest BCUT2D eigenvalue weighted by molar-refractivity contribution is 8.00. The lowest BCUT2D eigenvalue weighted by Gasteiger charge is -2.37. The van der Waals surface area contributed by atoms with Crippen molar-refractivity contribution in [2.45, 2.75) is 25.1 Å². The third-order valence-corrected chi connectivity index (χ3v) is 5.20. The molecule has 2 atom stereocenters. The van der Waals surface area contributed by atoms with E-state index in [9.17, 15) is 14.9 Å². The number of nitrogens with zero attached hydrogens (tertiary/aromatic N) is 2. The van der Waals surface area contributed by atoms with E-state index in [4.69, 9.17) is 0 Å². The summed E-state index contributed by atoms with van der Waals surface area (Å²) in [7, 11) is 1.70. The molecule has 21 heavy (non-hydrogen) atoms. The van der Waals surface area contributed by atoms with Crippen LogP contribution < -0.4 is 5.32 Å². The topological polar surface area (TPSA) is 75.5 Å². The SMILES string of the molecule is CNc1ccc([N+](=O)[O-])cc1C(=O)N1CCSC(C)C1C. The van der Waals surface area contributed by atoms with E-state index >= 15 is 0 Å². The van der Waals surface area contributed by atoms with Gasteiger partial charge in [0.15, 0.2) is 0 Å². The second-order valence-corrected chi connectivity index (χ2v) is 6.54. The first-order valence-electron chi connectivity index (χ1n) is 6.84. The molecule has 1 saturated heterocycles. The molecule has 1 amide bonds. The fourth-order valence-electron chi connectivity index (χ4n) is 2.42. The van der Waals surface area contributed by atoms with E-state index in [0.29, 0.717) is 23.0 Å². The molecule has 0 aliphatic carbocycles. The molecule has 1 aliphatic heterocycles. The van der Waals surface area contributed by atoms with Crippen LogP contribution in [0, 0.1) is 10.1 Å². The minimum Gasteiger partial charge on any atom is -0.387 e. The lowest BCUT2D eigenvalue weighted by molar-refractivity contribution is -0.384. The quantitative estimate of drug-likeness (QED) is 0.686. The van der Waals surface area contributed by atoms with Crippen molar-refractivity contribution in [2.75, 3.05) is 24.7 Å². The summed E-state index contributed by atoms with van der Waals surface area (Å²) in [5, 5.41) is 14.2. The van der Waals surface area contributed by atoms with Gasteiger partial charge >= 0.3 is 0 Å². The van der Waals surface area contributed by atoms with Crippen LogP contribution in [0.4, 0.5) is 11.4 Å². The third-order valence-electron chi connectivity index (χ3n) is 3.86. The fraction of sp³-hybridized carbons (Fsp3) is 0.500. The maximum atomic E-state index is 12.8. The number of anilines is 1. The fourth-order valence-corrected chi connectivity index (χ4v) is 3.51. The lowest BCUT2D eigenvalue weighted by atomic mass is 10.1. The summed E-state index contributed by atoms with van der Waals surface area (Å²) in [4.78, 5) is 25.0. The van der Waals surface area contributed by atoms with Crippen LogP contribution in [0.15, 0.2) is 18.2 Å². The standard InChI is InChI=1S/C14H19N3O3S/c1-9-10(2)21-7-6-16(9)14(18)12-8-11(17(19)20)4-5-13(12)15-3/h4-5,8-10,15H,6-7H2,1-3H3. The Balaban J connectivity index is 2.37. The Morgan fingerprint density at radius 2 is 2.19 bits per heavy atom. The van der Waals surface area contributed by atoms with Crippen molar-refractivity contribution in [3.8, 4) is 0 Å². The van der Waals surface area contributed by atoms with Gasteiger partial charge in [0.05, 0.1) is 10.5 Å². The van der Waals surface area contributed by atoms with Crippen LogP contribution in [0.2, 0.25) is 0 Å². The molecule has 2 rings (SSSR count). The van der Waals surface area contributed by atoms with Crippen LogP contribution in [0.3, 0.4) is 0 Å². The Hall–Kier alpha value is -1.76. The van der Waals surface area contributed by atoms with Gasteiger partial charge in [-0.05, 0) is 13.0 Å². The first-order chi connectivity index (χ1) is 9.95. The largest absolute Gasteiger partial charge is 0.387 e. The van der Waals surface area contributed by atoms with Gasteiger partial charge in [0.1, 0.15) is 0 Å². The molecule has 1 aliphatic rings. The highest BCUT2D eigenvalue weighted by Gasteiger charge is 2.31. The smallest absolute Gasteiger partial charge is 0.270 e. The maximum Gasteiger partial charge on any atom is 0.270 e. The number of carbonyl (C=O) groups excluding carboxylic acids is 1. The zero-order chi connectivity index (χ0) is 15.6. The Labute approximate surface area is 128 Å². The van der Waals surface area contributed by atoms with Crippen LogP contribution in [0.5, 0.6) is 0 Å². The number of carbonyl (C=O) groups is 1. The maximum absolute atomic E-state index is 12.8. The van der Waals surface area contributed by atoms with Crippen LogP contribution in [0.1, 0.15) is 24.2 Å². The summed E-state index contributed by atoms with van der Waals surface area (Å²) >= 11 is 1.84. The first kappa shape index (κ1) is 15.6. The molecule has 114 valence electrons. The van der Waals surface area contributed by atoms with E-state index in [1.165, 1.54) is 12.1 Å². The molecule has 0 aromatic heterocycles. The normalized spacial score (nSPS) is 22.0. The zero-order valence-electron chi connectivity index (χ0n) is 12.3. The van der Waals surface area contributed by atoms with Crippen molar-refractivity contribution < 1.29 is 9.72 Å². The summed E-state index contributed by atoms with van der Waals surface area (Å²) in [5.74, 6) is 0.740. The van der Waals surface area contributed by atoms with Crippen molar-refractivity contribution in [3.63, 3.8) is 0 Å². The minimum atomic E-state index is -0.478. The van der Waals surface area contributed by atoms with Crippen molar-refractivity contribution in [2.24, 2.45) is 0 Å². The monoisotopic (exact) mass is 309 g/mol. The number of nitro groups is 1. The number of non-ortho nitro benzene ring substituents is 1. The summed E-state index contributed by atoms with van der Waals surface area (Å²) < 4.78 is 0. The summed E-state index contributed by atoms with van der Waals surface area (Å²) in [5.41, 5.74) is 0.908. The highest BCUT2D eigenvalue weighted by atomic mass is 32.2. The van der Waals surface area contributed by atoms with Crippen LogP contribution >= 0.6 is 11.8 Å². The second-order valence-electron chi connectivity index (χ2n) is 5.05. The van der Waals surface area contributed by atoms with E-state index in [1.807, 2.05) is 18.7 Å². The summed E-state index contributed by atoms with van der Waals surface area (Å²) in [6.45, 7) is 4.78. The Bertz CT molecular complexity index is 564. The first-order valence-corrected chi connectivity index (χ1v) is 7.89. The Kier molecular flexibility index (Phi) is 4.72. The number of nitro benzene ring substituents is 1. The van der Waals surface area contributed by atoms with E-state index < -0.39 is 4.92 Å². The summed E-state index contributed by atoms with van der Waals surface area (Å²) in [6.07, 6.45) is 0. The van der Waals surface area contributed by atoms with Gasteiger partial charge < -0.3 is 10.2 Å². The van der Waals surface area contributed by atoms with Gasteiger partial charge in [-0.1, -0.05) is 6.92 Å². The van der Waals surface area contributed by atoms with Crippen LogP contribution in [0.25, 0.3) is 0 Å². The molecule has 0 spiro atoms. The molecule has 0 saturated carbocycles. The molecule has 0 radical (unpaired) electrons. The van der Waals surface area contributed by atoms with Crippen LogP contribution in [-0.2, 0) is 0 Å². The third kappa shape index (κ3) is 3.12. The number of hydrogen-bond donors (Lipinski definition) is 1. The average Bonchev–Trinajstić information content (AvgIpc) is 2.48. The zero-order valence-corrected chi connectivity index (χ0v) is 13.1. The Morgan fingerprint density at radius 1 is 1.48 bits per heavy atom. The van der Waals surface area contributed by atoms with Gasteiger partial charge in [0.25, 0.3) is 11.6 Å². The molecular weight excluding hydrogens is 290 g/mol. The number of thioether (sulfide) groups is 1. The molecule has 1 heterocycles. The van der Waals surface area contributed by atoms with Crippen molar-refractivity contribution >= 4 is 29.0 Å². The van der Waals surface area contributed by atoms with Gasteiger partial charge in [0.2, 0.25) is 0 Å². The lowest BCUT2D eigenvalue weighted by Crippen LogP contribution is -2.48. The van der Waals surface area contributed by atoms with Gasteiger partial charge in [-0.2, -0.15) is 11.8 Å². The van der Waals surface area contributed by atoms with Crippen molar-refractivity contribution in [1.82, 2.24) is 4.90 Å². The number of rotatable bonds is 3. The molecular formula is C14H19N3O3S. The predicted octanol–water partition coefficient (Wildman–Crippen LogP) is 2.60. The molecule has 2 unspecified atom stereocenters. The average molecular weight is 309 g/mol. The van der Waals surface area contributed by atoms with Gasteiger partial charge in [-0.25, -0.2) is 0 Å². The number of hydrogen-bond acceptors (Lipinski definition) is 5. The highest BCUT2D eigenvalue weighted by Crippen LogP contribution is 2.29. The molecule has 1 aromatic carbocycles. The van der Waals surface area contributed by atoms with Gasteiger partial charge in [0, 0.05) is 48.5 Å². The van der Waals surface area contributed by atoms with Gasteiger partial charge in [-0.15, -0.1) is 0 Å². The number of amides is 1. The molecule has 1 aromatic rings. The molecule has 0 bridgehead atoms. The predicted molar refractivity (Wildman–Crippen MR) is 85.1 cm³/mol. The van der Waals surface area contributed by atoms with E-state index in [0.717, 1.165) is 5.75 Å². The van der Waals surface area contributed by atoms with E-state index in [1.54, 1.807) is 18.0 Å². The minimum absolute atomic E-state index is 0.0653. The Morgan fingerprint density at radius 3 is 2.81 bits per heavy atom. The number of nitrogens with one attached hydrogen (secondary N) is 1. The number of benzene rings is 1. The molecule has 7 heteroatoms. The van der Waals surface area contributed by atoms with Crippen molar-refractivity contribution in [1.29, 1.82) is 0 Å². The van der Waals surface area contributed by atoms with Crippen molar-refractivity contribution in [3.05, 3.63) is 33.9 Å². The second kappa shape index (κ2) is 6.34. The van der Waals surface area contributed by atoms with E-state index in [2.05, 4.69) is 12.2 Å². The van der Waals surface area contributed by atoms with Gasteiger partial charge in [-0.3, -0.25) is 14.9 Å². The van der Waals surface area contributed by atoms with E-state index in [-0.39, 0.29) is 17.6 Å². The molecule has 6 nitrogen and oxygen atoms in total. The van der Waals surface area contributed by atoms with Crippen LogP contribution in [-0.4, -0.2) is 46.4 Å².